The van der Waals surface area contributed by atoms with Gasteiger partial charge < -0.3 is 5.32 Å². The van der Waals surface area contributed by atoms with E-state index < -0.39 is 10.0 Å². The molecule has 1 heterocycles. The Morgan fingerprint density at radius 1 is 1.25 bits per heavy atom. The Kier molecular flexibility index (Phi) is 5.39. The van der Waals surface area contributed by atoms with E-state index in [-0.39, 0.29) is 30.2 Å². The van der Waals surface area contributed by atoms with Gasteiger partial charge in [-0.3, -0.25) is 4.79 Å². The lowest BCUT2D eigenvalue weighted by atomic mass is 9.99. The molecule has 1 aromatic carbocycles. The van der Waals surface area contributed by atoms with Gasteiger partial charge in [-0.1, -0.05) is 29.3 Å². The van der Waals surface area contributed by atoms with E-state index in [0.29, 0.717) is 28.6 Å². The molecule has 0 aromatic heterocycles. The number of piperidine rings is 1. The number of carbonyl (C=O) groups is 1. The molecule has 0 spiro atoms. The standard InChI is InChI=1S/C16H20Cl2N2O3S/c17-13-4-3-12(15(18)8-13)10-24(22,23)20-7-1-2-11(9-20)16(21)19-14-5-6-14/h3-4,8,11,14H,1-2,5-7,9-10H2,(H,19,21). The Morgan fingerprint density at radius 3 is 2.67 bits per heavy atom. The fraction of sp³-hybridized carbons (Fsp3) is 0.562. The highest BCUT2D eigenvalue weighted by molar-refractivity contribution is 7.88. The molecule has 8 heteroatoms. The predicted octanol–water partition coefficient (Wildman–Crippen LogP) is 2.81. The summed E-state index contributed by atoms with van der Waals surface area (Å²) in [7, 11) is -3.53. The van der Waals surface area contributed by atoms with Crippen molar-refractivity contribution in [3.8, 4) is 0 Å². The molecule has 132 valence electrons. The zero-order valence-electron chi connectivity index (χ0n) is 13.2. The third-order valence-electron chi connectivity index (χ3n) is 4.43. The molecule has 5 nitrogen and oxygen atoms in total. The van der Waals surface area contributed by atoms with E-state index in [2.05, 4.69) is 5.32 Å². The number of amides is 1. The lowest BCUT2D eigenvalue weighted by Crippen LogP contribution is -2.46. The SMILES string of the molecule is O=C(NC1CC1)C1CCCN(S(=O)(=O)Cc2ccc(Cl)cc2Cl)C1. The summed E-state index contributed by atoms with van der Waals surface area (Å²) in [4.78, 5) is 12.2. The third-order valence-corrected chi connectivity index (χ3v) is 6.81. The van der Waals surface area contributed by atoms with Gasteiger partial charge in [0.2, 0.25) is 15.9 Å². The highest BCUT2D eigenvalue weighted by Gasteiger charge is 2.34. The molecular formula is C16H20Cl2N2O3S. The Bertz CT molecular complexity index is 735. The van der Waals surface area contributed by atoms with Gasteiger partial charge in [-0.2, -0.15) is 0 Å². The number of hydrogen-bond acceptors (Lipinski definition) is 3. The summed E-state index contributed by atoms with van der Waals surface area (Å²) in [5, 5.41) is 3.77. The maximum Gasteiger partial charge on any atom is 0.224 e. The van der Waals surface area contributed by atoms with Crippen LogP contribution in [0, 0.1) is 5.92 Å². The molecule has 1 N–H and O–H groups in total. The molecule has 2 aliphatic rings. The topological polar surface area (TPSA) is 66.5 Å². The molecule has 1 saturated heterocycles. The molecular weight excluding hydrogens is 371 g/mol. The van der Waals surface area contributed by atoms with Crippen molar-refractivity contribution in [2.75, 3.05) is 13.1 Å². The largest absolute Gasteiger partial charge is 0.353 e. The zero-order chi connectivity index (χ0) is 17.3. The summed E-state index contributed by atoms with van der Waals surface area (Å²) >= 11 is 11.9. The second kappa shape index (κ2) is 7.20. The summed E-state index contributed by atoms with van der Waals surface area (Å²) in [6.07, 6.45) is 3.47. The maximum absolute atomic E-state index is 12.7. The van der Waals surface area contributed by atoms with Gasteiger partial charge in [0.05, 0.1) is 11.7 Å². The van der Waals surface area contributed by atoms with Crippen molar-refractivity contribution >= 4 is 39.1 Å². The van der Waals surface area contributed by atoms with Gasteiger partial charge >= 0.3 is 0 Å². The van der Waals surface area contributed by atoms with Gasteiger partial charge in [0.1, 0.15) is 0 Å². The predicted molar refractivity (Wildman–Crippen MR) is 94.5 cm³/mol. The number of nitrogens with one attached hydrogen (secondary N) is 1. The fourth-order valence-corrected chi connectivity index (χ4v) is 5.08. The normalized spacial score (nSPS) is 22.3. The molecule has 3 rings (SSSR count). The first kappa shape index (κ1) is 18.0. The molecule has 0 bridgehead atoms. The summed E-state index contributed by atoms with van der Waals surface area (Å²) < 4.78 is 26.8. The van der Waals surface area contributed by atoms with E-state index in [0.717, 1.165) is 19.3 Å². The van der Waals surface area contributed by atoms with Gasteiger partial charge in [-0.05, 0) is 43.4 Å². The summed E-state index contributed by atoms with van der Waals surface area (Å²) in [6.45, 7) is 0.687. The Labute approximate surface area is 152 Å². The van der Waals surface area contributed by atoms with E-state index in [9.17, 15) is 13.2 Å². The van der Waals surface area contributed by atoms with Crippen molar-refractivity contribution in [3.05, 3.63) is 33.8 Å². The van der Waals surface area contributed by atoms with Crippen LogP contribution in [0.5, 0.6) is 0 Å². The molecule has 1 aliphatic carbocycles. The van der Waals surface area contributed by atoms with Crippen LogP contribution in [0.25, 0.3) is 0 Å². The van der Waals surface area contributed by atoms with Crippen LogP contribution in [0.4, 0.5) is 0 Å². The van der Waals surface area contributed by atoms with Crippen LogP contribution >= 0.6 is 23.2 Å². The van der Waals surface area contributed by atoms with Crippen molar-refractivity contribution in [1.82, 2.24) is 9.62 Å². The van der Waals surface area contributed by atoms with Gasteiger partial charge in [-0.15, -0.1) is 0 Å². The summed E-state index contributed by atoms with van der Waals surface area (Å²) in [6, 6.07) is 5.08. The molecule has 1 aliphatic heterocycles. The van der Waals surface area contributed by atoms with E-state index >= 15 is 0 Å². The molecule has 1 unspecified atom stereocenters. The van der Waals surface area contributed by atoms with Crippen molar-refractivity contribution < 1.29 is 13.2 Å². The molecule has 1 amide bonds. The molecule has 24 heavy (non-hydrogen) atoms. The average Bonchev–Trinajstić information content (AvgIpc) is 3.34. The first-order chi connectivity index (χ1) is 11.3. The van der Waals surface area contributed by atoms with Crippen LogP contribution in [0.3, 0.4) is 0 Å². The van der Waals surface area contributed by atoms with Crippen LogP contribution in [0.15, 0.2) is 18.2 Å². The van der Waals surface area contributed by atoms with Gasteiger partial charge in [-0.25, -0.2) is 12.7 Å². The van der Waals surface area contributed by atoms with Crippen molar-refractivity contribution in [2.24, 2.45) is 5.92 Å². The van der Waals surface area contributed by atoms with Crippen LogP contribution in [-0.2, 0) is 20.6 Å². The average molecular weight is 391 g/mol. The Morgan fingerprint density at radius 2 is 2.00 bits per heavy atom. The van der Waals surface area contributed by atoms with Crippen LogP contribution in [0.2, 0.25) is 10.0 Å². The highest BCUT2D eigenvalue weighted by Crippen LogP contribution is 2.27. The van der Waals surface area contributed by atoms with Crippen molar-refractivity contribution in [2.45, 2.75) is 37.5 Å². The minimum absolute atomic E-state index is 0.0260. The summed E-state index contributed by atoms with van der Waals surface area (Å²) in [5.74, 6) is -0.475. The quantitative estimate of drug-likeness (QED) is 0.840. The monoisotopic (exact) mass is 390 g/mol. The maximum atomic E-state index is 12.7. The van der Waals surface area contributed by atoms with Crippen molar-refractivity contribution in [3.63, 3.8) is 0 Å². The first-order valence-electron chi connectivity index (χ1n) is 8.07. The molecule has 1 aromatic rings. The summed E-state index contributed by atoms with van der Waals surface area (Å²) in [5.41, 5.74) is 0.519. The van der Waals surface area contributed by atoms with E-state index in [1.54, 1.807) is 12.1 Å². The van der Waals surface area contributed by atoms with Crippen LogP contribution in [0.1, 0.15) is 31.2 Å². The Hall–Kier alpha value is -0.820. The molecule has 0 radical (unpaired) electrons. The molecule has 2 fully saturated rings. The van der Waals surface area contributed by atoms with Gasteiger partial charge in [0.25, 0.3) is 0 Å². The van der Waals surface area contributed by atoms with Crippen LogP contribution < -0.4 is 5.32 Å². The minimum atomic E-state index is -3.53. The van der Waals surface area contributed by atoms with E-state index in [1.807, 2.05) is 0 Å². The number of sulfonamides is 1. The van der Waals surface area contributed by atoms with E-state index in [1.165, 1.54) is 10.4 Å². The van der Waals surface area contributed by atoms with E-state index in [4.69, 9.17) is 23.2 Å². The zero-order valence-corrected chi connectivity index (χ0v) is 15.5. The number of benzene rings is 1. The first-order valence-corrected chi connectivity index (χ1v) is 10.4. The Balaban J connectivity index is 1.67. The number of hydrogen-bond donors (Lipinski definition) is 1. The third kappa shape index (κ3) is 4.42. The molecule has 1 atom stereocenters. The van der Waals surface area contributed by atoms with Gasteiger partial charge in [0.15, 0.2) is 0 Å². The number of halogens is 2. The highest BCUT2D eigenvalue weighted by atomic mass is 35.5. The smallest absolute Gasteiger partial charge is 0.224 e. The molecule has 1 saturated carbocycles. The minimum Gasteiger partial charge on any atom is -0.353 e. The number of rotatable bonds is 5. The number of carbonyl (C=O) groups excluding carboxylic acids is 1. The van der Waals surface area contributed by atoms with Gasteiger partial charge in [0, 0.05) is 29.2 Å². The van der Waals surface area contributed by atoms with Crippen molar-refractivity contribution in [1.29, 1.82) is 0 Å². The van der Waals surface area contributed by atoms with Crippen LogP contribution in [-0.4, -0.2) is 37.8 Å². The second-order valence-corrected chi connectivity index (χ2v) is 9.28. The lowest BCUT2D eigenvalue weighted by molar-refractivity contribution is -0.126. The fourth-order valence-electron chi connectivity index (χ4n) is 2.88. The number of nitrogens with zero attached hydrogens (tertiary/aromatic N) is 1. The second-order valence-electron chi connectivity index (χ2n) is 6.47. The lowest BCUT2D eigenvalue weighted by Gasteiger charge is -2.31.